The van der Waals surface area contributed by atoms with Gasteiger partial charge in [0.15, 0.2) is 6.20 Å². The van der Waals surface area contributed by atoms with Crippen LogP contribution in [0.5, 0.6) is 0 Å². The van der Waals surface area contributed by atoms with E-state index in [9.17, 15) is 10.1 Å². The Kier molecular flexibility index (Phi) is 3.34. The summed E-state index contributed by atoms with van der Waals surface area (Å²) in [7, 11) is 0. The number of hydrogen-bond acceptors (Lipinski definition) is 4. The Balaban J connectivity index is 1.73. The lowest BCUT2D eigenvalue weighted by Gasteiger charge is -2.03. The largest absolute Gasteiger partial charge is 0.382 e. The van der Waals surface area contributed by atoms with Gasteiger partial charge in [0, 0.05) is 12.6 Å². The fourth-order valence-corrected chi connectivity index (χ4v) is 1.63. The van der Waals surface area contributed by atoms with Crippen LogP contribution in [0, 0.1) is 16.0 Å². The first-order valence-electron chi connectivity index (χ1n) is 5.60. The van der Waals surface area contributed by atoms with E-state index in [0.717, 1.165) is 24.6 Å². The first kappa shape index (κ1) is 10.9. The number of nitro groups is 1. The molecule has 1 aromatic rings. The zero-order valence-electron chi connectivity index (χ0n) is 9.06. The molecule has 1 heterocycles. The van der Waals surface area contributed by atoms with Crippen molar-refractivity contribution in [3.63, 3.8) is 0 Å². The third kappa shape index (κ3) is 3.18. The molecule has 1 N–H and O–H groups in total. The molecule has 86 valence electrons. The number of nitrogens with zero attached hydrogens (tertiary/aromatic N) is 2. The van der Waals surface area contributed by atoms with Gasteiger partial charge in [-0.15, -0.1) is 0 Å². The number of anilines is 1. The molecule has 1 saturated carbocycles. The molecule has 0 spiro atoms. The molecule has 1 fully saturated rings. The Morgan fingerprint density at radius 3 is 2.88 bits per heavy atom. The summed E-state index contributed by atoms with van der Waals surface area (Å²) in [6, 6.07) is 3.12. The molecule has 0 amide bonds. The van der Waals surface area contributed by atoms with E-state index in [4.69, 9.17) is 0 Å². The van der Waals surface area contributed by atoms with Gasteiger partial charge in [-0.1, -0.05) is 12.8 Å². The summed E-state index contributed by atoms with van der Waals surface area (Å²) in [4.78, 5) is 13.6. The molecular formula is C11H15N3O2. The van der Waals surface area contributed by atoms with E-state index in [2.05, 4.69) is 10.3 Å². The first-order chi connectivity index (χ1) is 7.75. The predicted molar refractivity (Wildman–Crippen MR) is 61.3 cm³/mol. The Hall–Kier alpha value is -1.65. The van der Waals surface area contributed by atoms with Crippen LogP contribution < -0.4 is 5.32 Å². The highest BCUT2D eigenvalue weighted by molar-refractivity contribution is 5.43. The second kappa shape index (κ2) is 4.92. The lowest BCUT2D eigenvalue weighted by atomic mass is 10.2. The Labute approximate surface area is 94.0 Å². The van der Waals surface area contributed by atoms with Crippen LogP contribution in [0.25, 0.3) is 0 Å². The van der Waals surface area contributed by atoms with Crippen LogP contribution in [0.15, 0.2) is 18.3 Å². The van der Waals surface area contributed by atoms with E-state index in [1.54, 1.807) is 6.07 Å². The highest BCUT2D eigenvalue weighted by atomic mass is 16.6. The van der Waals surface area contributed by atoms with Gasteiger partial charge in [-0.25, -0.2) is 0 Å². The standard InChI is InChI=1S/C11H15N3O2/c15-14(16)11-6-5-10(8-13-11)12-7-1-2-9-3-4-9/h5-6,8-9,12H,1-4,7H2. The van der Waals surface area contributed by atoms with Gasteiger partial charge in [0.2, 0.25) is 0 Å². The van der Waals surface area contributed by atoms with E-state index in [0.29, 0.717) is 0 Å². The maximum absolute atomic E-state index is 10.4. The normalized spacial score (nSPS) is 14.8. The predicted octanol–water partition coefficient (Wildman–Crippen LogP) is 2.59. The average Bonchev–Trinajstić information content (AvgIpc) is 3.09. The van der Waals surface area contributed by atoms with Crippen molar-refractivity contribution in [2.45, 2.75) is 25.7 Å². The molecule has 0 aliphatic heterocycles. The quantitative estimate of drug-likeness (QED) is 0.455. The fourth-order valence-electron chi connectivity index (χ4n) is 1.63. The molecule has 2 rings (SSSR count). The van der Waals surface area contributed by atoms with Crippen LogP contribution in [-0.4, -0.2) is 16.5 Å². The van der Waals surface area contributed by atoms with Gasteiger partial charge in [0.25, 0.3) is 0 Å². The maximum Gasteiger partial charge on any atom is 0.363 e. The van der Waals surface area contributed by atoms with Gasteiger partial charge < -0.3 is 15.4 Å². The van der Waals surface area contributed by atoms with E-state index >= 15 is 0 Å². The molecule has 1 aliphatic carbocycles. The number of rotatable bonds is 6. The van der Waals surface area contributed by atoms with E-state index in [-0.39, 0.29) is 5.82 Å². The van der Waals surface area contributed by atoms with Gasteiger partial charge in [-0.3, -0.25) is 0 Å². The van der Waals surface area contributed by atoms with Gasteiger partial charge in [-0.05, 0) is 34.7 Å². The molecule has 1 aliphatic rings. The summed E-state index contributed by atoms with van der Waals surface area (Å²) in [6.45, 7) is 0.913. The lowest BCUT2D eigenvalue weighted by molar-refractivity contribution is -0.389. The fraction of sp³-hybridized carbons (Fsp3) is 0.545. The van der Waals surface area contributed by atoms with Gasteiger partial charge in [0.05, 0.1) is 5.69 Å². The number of nitrogens with one attached hydrogen (secondary N) is 1. The SMILES string of the molecule is O=[N+]([O-])c1ccc(NCCCC2CC2)cn1. The van der Waals surface area contributed by atoms with Crippen molar-refractivity contribution in [2.75, 3.05) is 11.9 Å². The molecule has 0 saturated heterocycles. The molecule has 16 heavy (non-hydrogen) atoms. The third-order valence-corrected chi connectivity index (χ3v) is 2.75. The van der Waals surface area contributed by atoms with Crippen molar-refractivity contribution >= 4 is 11.5 Å². The van der Waals surface area contributed by atoms with Crippen molar-refractivity contribution in [1.29, 1.82) is 0 Å². The first-order valence-corrected chi connectivity index (χ1v) is 5.60. The van der Waals surface area contributed by atoms with Crippen molar-refractivity contribution in [3.8, 4) is 0 Å². The average molecular weight is 221 g/mol. The van der Waals surface area contributed by atoms with Gasteiger partial charge >= 0.3 is 5.82 Å². The monoisotopic (exact) mass is 221 g/mol. The van der Waals surface area contributed by atoms with E-state index in [1.165, 1.54) is 31.5 Å². The zero-order valence-corrected chi connectivity index (χ0v) is 9.06. The summed E-state index contributed by atoms with van der Waals surface area (Å²) in [5, 5.41) is 13.6. The van der Waals surface area contributed by atoms with Crippen molar-refractivity contribution < 1.29 is 4.92 Å². The Morgan fingerprint density at radius 2 is 2.31 bits per heavy atom. The van der Waals surface area contributed by atoms with E-state index < -0.39 is 4.92 Å². The van der Waals surface area contributed by atoms with Crippen LogP contribution in [0.3, 0.4) is 0 Å². The molecule has 0 radical (unpaired) electrons. The Morgan fingerprint density at radius 1 is 1.50 bits per heavy atom. The lowest BCUT2D eigenvalue weighted by Crippen LogP contribution is -2.02. The van der Waals surface area contributed by atoms with Crippen molar-refractivity contribution in [3.05, 3.63) is 28.4 Å². The van der Waals surface area contributed by atoms with Crippen molar-refractivity contribution in [1.82, 2.24) is 4.98 Å². The van der Waals surface area contributed by atoms with Crippen LogP contribution >= 0.6 is 0 Å². The smallest absolute Gasteiger partial charge is 0.363 e. The minimum absolute atomic E-state index is 0.108. The minimum Gasteiger partial charge on any atom is -0.382 e. The molecule has 0 unspecified atom stereocenters. The van der Waals surface area contributed by atoms with Crippen LogP contribution in [-0.2, 0) is 0 Å². The van der Waals surface area contributed by atoms with Crippen LogP contribution in [0.4, 0.5) is 11.5 Å². The molecule has 1 aromatic heterocycles. The summed E-state index contributed by atoms with van der Waals surface area (Å²) >= 11 is 0. The van der Waals surface area contributed by atoms with Crippen molar-refractivity contribution in [2.24, 2.45) is 5.92 Å². The second-order valence-electron chi connectivity index (χ2n) is 4.17. The highest BCUT2D eigenvalue weighted by Crippen LogP contribution is 2.33. The molecular weight excluding hydrogens is 206 g/mol. The number of pyridine rings is 1. The topological polar surface area (TPSA) is 68.1 Å². The number of aromatic nitrogens is 1. The zero-order chi connectivity index (χ0) is 11.4. The second-order valence-corrected chi connectivity index (χ2v) is 4.17. The van der Waals surface area contributed by atoms with Gasteiger partial charge in [0.1, 0.15) is 0 Å². The third-order valence-electron chi connectivity index (χ3n) is 2.75. The minimum atomic E-state index is -0.489. The summed E-state index contributed by atoms with van der Waals surface area (Å²) in [5.74, 6) is 0.848. The Bertz CT molecular complexity index is 360. The number of hydrogen-bond donors (Lipinski definition) is 1. The molecule has 0 bridgehead atoms. The highest BCUT2D eigenvalue weighted by Gasteiger charge is 2.19. The molecule has 5 nitrogen and oxygen atoms in total. The molecule has 0 aromatic carbocycles. The summed E-state index contributed by atoms with van der Waals surface area (Å²) < 4.78 is 0. The van der Waals surface area contributed by atoms with Gasteiger partial charge in [-0.2, -0.15) is 0 Å². The molecule has 0 atom stereocenters. The summed E-state index contributed by atoms with van der Waals surface area (Å²) in [5.41, 5.74) is 0.849. The summed E-state index contributed by atoms with van der Waals surface area (Å²) in [6.07, 6.45) is 6.72. The molecule has 5 heteroatoms. The van der Waals surface area contributed by atoms with E-state index in [1.807, 2.05) is 0 Å². The van der Waals surface area contributed by atoms with Crippen LogP contribution in [0.1, 0.15) is 25.7 Å². The van der Waals surface area contributed by atoms with Crippen LogP contribution in [0.2, 0.25) is 0 Å². The maximum atomic E-state index is 10.4.